The van der Waals surface area contributed by atoms with E-state index in [1.165, 1.54) is 0 Å². The summed E-state index contributed by atoms with van der Waals surface area (Å²) in [5.74, 6) is 0. The molecule has 2 unspecified atom stereocenters. The van der Waals surface area contributed by atoms with E-state index in [0.29, 0.717) is 32.7 Å². The molecule has 0 aromatic carbocycles. The maximum atomic E-state index is 10.2. The second-order valence-corrected chi connectivity index (χ2v) is 4.38. The summed E-state index contributed by atoms with van der Waals surface area (Å²) in [4.78, 5) is 0. The van der Waals surface area contributed by atoms with Gasteiger partial charge >= 0.3 is 0 Å². The second-order valence-electron chi connectivity index (χ2n) is 4.38. The first kappa shape index (κ1) is 10.9. The zero-order chi connectivity index (χ0) is 10.7. The number of nitrogens with zero attached hydrogens (tertiary/aromatic N) is 1. The fraction of sp³-hybridized carbons (Fsp3) is 0.909. The van der Waals surface area contributed by atoms with Crippen LogP contribution in [0.25, 0.3) is 0 Å². The molecular formula is C11H17NO3. The van der Waals surface area contributed by atoms with Gasteiger partial charge in [-0.3, -0.25) is 0 Å². The Morgan fingerprint density at radius 3 is 2.60 bits per heavy atom. The van der Waals surface area contributed by atoms with Gasteiger partial charge in [0.05, 0.1) is 23.7 Å². The zero-order valence-electron chi connectivity index (χ0n) is 8.82. The van der Waals surface area contributed by atoms with Crippen LogP contribution in [0.5, 0.6) is 0 Å². The van der Waals surface area contributed by atoms with E-state index in [4.69, 9.17) is 9.47 Å². The molecule has 1 N–H and O–H groups in total. The van der Waals surface area contributed by atoms with E-state index in [1.54, 1.807) is 0 Å². The molecule has 2 heterocycles. The number of nitriles is 1. The minimum atomic E-state index is -0.658. The van der Waals surface area contributed by atoms with Crippen molar-refractivity contribution >= 4 is 0 Å². The van der Waals surface area contributed by atoms with Gasteiger partial charge in [-0.25, -0.2) is 0 Å². The molecule has 0 spiro atoms. The summed E-state index contributed by atoms with van der Waals surface area (Å²) < 4.78 is 10.7. The van der Waals surface area contributed by atoms with E-state index in [1.807, 2.05) is 0 Å². The van der Waals surface area contributed by atoms with Gasteiger partial charge in [-0.05, 0) is 25.7 Å². The molecule has 0 amide bonds. The first-order valence-corrected chi connectivity index (χ1v) is 5.57. The minimum absolute atomic E-state index is 0.150. The summed E-state index contributed by atoms with van der Waals surface area (Å²) in [5, 5.41) is 19.5. The first-order chi connectivity index (χ1) is 7.28. The first-order valence-electron chi connectivity index (χ1n) is 5.57. The van der Waals surface area contributed by atoms with E-state index in [0.717, 1.165) is 12.8 Å². The summed E-state index contributed by atoms with van der Waals surface area (Å²) >= 11 is 0. The van der Waals surface area contributed by atoms with Crippen molar-refractivity contribution in [2.75, 3.05) is 19.8 Å². The molecule has 4 nitrogen and oxygen atoms in total. The van der Waals surface area contributed by atoms with Crippen LogP contribution in [-0.4, -0.2) is 37.1 Å². The van der Waals surface area contributed by atoms with Crippen LogP contribution < -0.4 is 0 Å². The normalized spacial score (nSPS) is 32.1. The van der Waals surface area contributed by atoms with Crippen LogP contribution in [-0.2, 0) is 9.47 Å². The van der Waals surface area contributed by atoms with Crippen molar-refractivity contribution in [2.45, 2.75) is 37.9 Å². The highest BCUT2D eigenvalue weighted by Gasteiger charge is 2.44. The fourth-order valence-electron chi connectivity index (χ4n) is 2.42. The Morgan fingerprint density at radius 2 is 2.07 bits per heavy atom. The monoisotopic (exact) mass is 211 g/mol. The summed E-state index contributed by atoms with van der Waals surface area (Å²) in [7, 11) is 0. The van der Waals surface area contributed by atoms with Crippen LogP contribution in [0.1, 0.15) is 25.7 Å². The molecule has 15 heavy (non-hydrogen) atoms. The van der Waals surface area contributed by atoms with Gasteiger partial charge in [0.15, 0.2) is 0 Å². The SMILES string of the molecule is N#CC1(C(O)C2CCCO2)CCOCC1. The molecule has 0 radical (unpaired) electrons. The summed E-state index contributed by atoms with van der Waals surface area (Å²) in [6.07, 6.45) is 2.27. The largest absolute Gasteiger partial charge is 0.389 e. The van der Waals surface area contributed by atoms with Crippen LogP contribution in [0.2, 0.25) is 0 Å². The highest BCUT2D eigenvalue weighted by Crippen LogP contribution is 2.37. The Kier molecular flexibility index (Phi) is 3.25. The van der Waals surface area contributed by atoms with Gasteiger partial charge in [-0.2, -0.15) is 5.26 Å². The number of rotatable bonds is 2. The van der Waals surface area contributed by atoms with E-state index in [2.05, 4.69) is 6.07 Å². The van der Waals surface area contributed by atoms with Crippen molar-refractivity contribution in [1.29, 1.82) is 5.26 Å². The molecule has 2 aliphatic rings. The second kappa shape index (κ2) is 4.48. The van der Waals surface area contributed by atoms with Crippen LogP contribution in [0.3, 0.4) is 0 Å². The number of hydrogen-bond donors (Lipinski definition) is 1. The van der Waals surface area contributed by atoms with E-state index in [9.17, 15) is 10.4 Å². The molecule has 0 saturated carbocycles. The highest BCUT2D eigenvalue weighted by atomic mass is 16.5. The molecule has 2 atom stereocenters. The Balaban J connectivity index is 2.07. The molecule has 0 aromatic heterocycles. The van der Waals surface area contributed by atoms with Gasteiger partial charge in [0.1, 0.15) is 0 Å². The van der Waals surface area contributed by atoms with Crippen molar-refractivity contribution in [3.05, 3.63) is 0 Å². The quantitative estimate of drug-likeness (QED) is 0.735. The number of hydrogen-bond acceptors (Lipinski definition) is 4. The van der Waals surface area contributed by atoms with Gasteiger partial charge < -0.3 is 14.6 Å². The summed E-state index contributed by atoms with van der Waals surface area (Å²) in [6, 6.07) is 2.28. The molecule has 84 valence electrons. The standard InChI is InChI=1S/C11H17NO3/c12-8-11(3-6-14-7-4-11)10(13)9-2-1-5-15-9/h9-10,13H,1-7H2. The average molecular weight is 211 g/mol. The van der Waals surface area contributed by atoms with Crippen LogP contribution in [0.4, 0.5) is 0 Å². The molecule has 0 aliphatic carbocycles. The third kappa shape index (κ3) is 2.00. The van der Waals surface area contributed by atoms with Gasteiger partial charge in [0.2, 0.25) is 0 Å². The molecule has 2 saturated heterocycles. The van der Waals surface area contributed by atoms with Crippen LogP contribution in [0, 0.1) is 16.7 Å². The third-order valence-electron chi connectivity index (χ3n) is 3.49. The maximum Gasteiger partial charge on any atom is 0.0989 e. The van der Waals surface area contributed by atoms with Gasteiger partial charge in [0.25, 0.3) is 0 Å². The zero-order valence-corrected chi connectivity index (χ0v) is 8.82. The van der Waals surface area contributed by atoms with Crippen molar-refractivity contribution in [1.82, 2.24) is 0 Å². The van der Waals surface area contributed by atoms with Crippen molar-refractivity contribution in [3.8, 4) is 6.07 Å². The minimum Gasteiger partial charge on any atom is -0.389 e. The highest BCUT2D eigenvalue weighted by molar-refractivity contribution is 5.07. The molecule has 2 fully saturated rings. The topological polar surface area (TPSA) is 62.5 Å². The Bertz CT molecular complexity index is 249. The van der Waals surface area contributed by atoms with E-state index >= 15 is 0 Å². The number of aliphatic hydroxyl groups excluding tert-OH is 1. The lowest BCUT2D eigenvalue weighted by atomic mass is 9.74. The predicted molar refractivity (Wildman–Crippen MR) is 53.1 cm³/mol. The lowest BCUT2D eigenvalue weighted by Crippen LogP contribution is -2.45. The molecule has 0 aromatic rings. The molecule has 2 aliphatic heterocycles. The fourth-order valence-corrected chi connectivity index (χ4v) is 2.42. The van der Waals surface area contributed by atoms with Crippen LogP contribution in [0.15, 0.2) is 0 Å². The van der Waals surface area contributed by atoms with E-state index in [-0.39, 0.29) is 6.10 Å². The third-order valence-corrected chi connectivity index (χ3v) is 3.49. The number of ether oxygens (including phenoxy) is 2. The number of aliphatic hydroxyl groups is 1. The Hall–Kier alpha value is -0.630. The van der Waals surface area contributed by atoms with E-state index < -0.39 is 11.5 Å². The molecular weight excluding hydrogens is 194 g/mol. The summed E-state index contributed by atoms with van der Waals surface area (Å²) in [5.41, 5.74) is -0.646. The maximum absolute atomic E-state index is 10.2. The molecule has 0 bridgehead atoms. The predicted octanol–water partition coefficient (Wildman–Crippen LogP) is 0.847. The Morgan fingerprint density at radius 1 is 1.33 bits per heavy atom. The van der Waals surface area contributed by atoms with Crippen molar-refractivity contribution < 1.29 is 14.6 Å². The Labute approximate surface area is 89.8 Å². The summed E-state index contributed by atoms with van der Waals surface area (Å²) in [6.45, 7) is 1.84. The van der Waals surface area contributed by atoms with Gasteiger partial charge in [-0.15, -0.1) is 0 Å². The van der Waals surface area contributed by atoms with Gasteiger partial charge in [-0.1, -0.05) is 0 Å². The van der Waals surface area contributed by atoms with Crippen molar-refractivity contribution in [2.24, 2.45) is 5.41 Å². The van der Waals surface area contributed by atoms with Gasteiger partial charge in [0, 0.05) is 19.8 Å². The molecule has 4 heteroatoms. The van der Waals surface area contributed by atoms with Crippen molar-refractivity contribution in [3.63, 3.8) is 0 Å². The van der Waals surface area contributed by atoms with Crippen LogP contribution >= 0.6 is 0 Å². The smallest absolute Gasteiger partial charge is 0.0989 e. The lowest BCUT2D eigenvalue weighted by Gasteiger charge is -2.37. The molecule has 2 rings (SSSR count). The average Bonchev–Trinajstić information content (AvgIpc) is 2.82. The lowest BCUT2D eigenvalue weighted by molar-refractivity contribution is -0.0900.